The number of para-hydroxylation sites is 3. The smallest absolute Gasteiger partial charge is 0.258 e. The largest absolute Gasteiger partial charge is 0.337 e. The van der Waals surface area contributed by atoms with Crippen LogP contribution in [0.2, 0.25) is 0 Å². The van der Waals surface area contributed by atoms with Crippen LogP contribution in [0, 0.1) is 0 Å². The highest BCUT2D eigenvalue weighted by Gasteiger charge is 2.35. The van der Waals surface area contributed by atoms with E-state index in [0.717, 1.165) is 0 Å². The van der Waals surface area contributed by atoms with Gasteiger partial charge in [0.05, 0.1) is 0 Å². The van der Waals surface area contributed by atoms with Gasteiger partial charge in [-0.25, -0.2) is 0 Å². The first-order chi connectivity index (χ1) is 13.2. The summed E-state index contributed by atoms with van der Waals surface area (Å²) in [5.74, 6) is 0. The number of hydrogen-bond donors (Lipinski definition) is 0. The van der Waals surface area contributed by atoms with Crippen LogP contribution in [-0.2, 0) is 0 Å². The second kappa shape index (κ2) is 7.12. The maximum Gasteiger partial charge on any atom is 0.258 e. The van der Waals surface area contributed by atoms with Crippen molar-refractivity contribution in [2.75, 3.05) is 30.9 Å². The summed E-state index contributed by atoms with van der Waals surface area (Å²) in [6, 6.07) is 31.5. The van der Waals surface area contributed by atoms with Gasteiger partial charge in [-0.2, -0.15) is 4.58 Å². The number of rotatable bonds is 5. The van der Waals surface area contributed by atoms with E-state index < -0.39 is 0 Å². The Labute approximate surface area is 160 Å². The Morgan fingerprint density at radius 1 is 0.556 bits per heavy atom. The van der Waals surface area contributed by atoms with E-state index in [9.17, 15) is 0 Å². The van der Waals surface area contributed by atoms with Crippen molar-refractivity contribution in [2.24, 2.45) is 0 Å². The van der Waals surface area contributed by atoms with E-state index in [1.807, 2.05) is 0 Å². The average molecular weight is 354 g/mol. The van der Waals surface area contributed by atoms with Crippen LogP contribution in [0.5, 0.6) is 0 Å². The molecule has 0 saturated carbocycles. The Hall–Kier alpha value is -3.33. The molecular formula is C24H24N3+. The van der Waals surface area contributed by atoms with Gasteiger partial charge in [0, 0.05) is 37.6 Å². The van der Waals surface area contributed by atoms with Gasteiger partial charge in [0.1, 0.15) is 18.4 Å². The van der Waals surface area contributed by atoms with Gasteiger partial charge in [0.25, 0.3) is 5.36 Å². The summed E-state index contributed by atoms with van der Waals surface area (Å²) in [6.07, 6.45) is 0. The van der Waals surface area contributed by atoms with Crippen LogP contribution in [0.15, 0.2) is 91.0 Å². The predicted molar refractivity (Wildman–Crippen MR) is 115 cm³/mol. The summed E-state index contributed by atoms with van der Waals surface area (Å²) in [5, 5.41) is 1.25. The number of benzene rings is 3. The minimum Gasteiger partial charge on any atom is -0.337 e. The Morgan fingerprint density at radius 3 is 1.33 bits per heavy atom. The third-order valence-corrected chi connectivity index (χ3v) is 5.05. The van der Waals surface area contributed by atoms with Gasteiger partial charge in [0.15, 0.2) is 0 Å². The molecule has 0 aliphatic carbocycles. The Bertz CT molecular complexity index is 983. The monoisotopic (exact) mass is 354 g/mol. The molecule has 0 atom stereocenters. The van der Waals surface area contributed by atoms with Crippen LogP contribution >= 0.6 is 0 Å². The first kappa shape index (κ1) is 17.1. The highest BCUT2D eigenvalue weighted by Crippen LogP contribution is 2.39. The number of anilines is 4. The molecule has 0 aliphatic heterocycles. The van der Waals surface area contributed by atoms with Crippen molar-refractivity contribution >= 4 is 28.4 Å². The molecule has 4 aromatic rings. The summed E-state index contributed by atoms with van der Waals surface area (Å²) < 4.78 is 2.27. The minimum atomic E-state index is 1.18. The quantitative estimate of drug-likeness (QED) is 0.475. The summed E-state index contributed by atoms with van der Waals surface area (Å²) in [7, 11) is 6.40. The molecule has 4 rings (SSSR count). The fourth-order valence-corrected chi connectivity index (χ4v) is 3.45. The standard InChI is InChI=1S/C24H24N3/c1-25(19-13-7-4-8-14-19)22-23(26(2)20-15-9-5-10-16-20)24(22)27(3)21-17-11-6-12-18-21/h4-18H,1-3H3/q+1. The molecule has 27 heavy (non-hydrogen) atoms. The molecule has 0 fully saturated rings. The summed E-state index contributed by atoms with van der Waals surface area (Å²) in [6.45, 7) is 0. The van der Waals surface area contributed by atoms with E-state index in [0.29, 0.717) is 0 Å². The van der Waals surface area contributed by atoms with Crippen molar-refractivity contribution < 1.29 is 0 Å². The fourth-order valence-electron chi connectivity index (χ4n) is 3.45. The van der Waals surface area contributed by atoms with Crippen LogP contribution in [0.4, 0.5) is 28.4 Å². The zero-order valence-electron chi connectivity index (χ0n) is 16.0. The highest BCUT2D eigenvalue weighted by atomic mass is 15.2. The number of nitrogens with zero attached hydrogens (tertiary/aromatic N) is 3. The Balaban J connectivity index is 1.84. The molecule has 0 aromatic heterocycles. The second-order valence-corrected chi connectivity index (χ2v) is 6.73. The average Bonchev–Trinajstić information content (AvgIpc) is 3.49. The first-order valence-corrected chi connectivity index (χ1v) is 9.17. The SMILES string of the molecule is CN(c1ccccc1)c1c(N(C)c2ccccc2)c1=[N+](C)c1ccccc1. The predicted octanol–water partition coefficient (Wildman–Crippen LogP) is 4.83. The molecule has 3 heteroatoms. The summed E-state index contributed by atoms with van der Waals surface area (Å²) in [5.41, 5.74) is 6.05. The Morgan fingerprint density at radius 2 is 0.926 bits per heavy atom. The number of hydrogen-bond acceptors (Lipinski definition) is 2. The van der Waals surface area contributed by atoms with Gasteiger partial charge >= 0.3 is 0 Å². The van der Waals surface area contributed by atoms with E-state index in [1.165, 1.54) is 33.8 Å². The lowest BCUT2D eigenvalue weighted by Gasteiger charge is -2.17. The first-order valence-electron chi connectivity index (χ1n) is 9.17. The van der Waals surface area contributed by atoms with Crippen molar-refractivity contribution in [3.63, 3.8) is 0 Å². The Kier molecular flexibility index (Phi) is 4.51. The molecule has 0 bridgehead atoms. The van der Waals surface area contributed by atoms with Crippen LogP contribution in [-0.4, -0.2) is 21.1 Å². The summed E-state index contributed by atoms with van der Waals surface area (Å²) in [4.78, 5) is 4.53. The van der Waals surface area contributed by atoms with Crippen LogP contribution in [0.3, 0.4) is 0 Å². The molecule has 4 aromatic carbocycles. The topological polar surface area (TPSA) is 9.49 Å². The van der Waals surface area contributed by atoms with Gasteiger partial charge in [-0.15, -0.1) is 0 Å². The maximum atomic E-state index is 2.27. The van der Waals surface area contributed by atoms with Crippen molar-refractivity contribution in [2.45, 2.75) is 0 Å². The maximum absolute atomic E-state index is 2.27. The third-order valence-electron chi connectivity index (χ3n) is 5.05. The molecule has 0 N–H and O–H groups in total. The fraction of sp³-hybridized carbons (Fsp3) is 0.125. The lowest BCUT2D eigenvalue weighted by molar-refractivity contribution is 0.912. The molecular weight excluding hydrogens is 330 g/mol. The van der Waals surface area contributed by atoms with Gasteiger partial charge < -0.3 is 9.80 Å². The summed E-state index contributed by atoms with van der Waals surface area (Å²) >= 11 is 0. The van der Waals surface area contributed by atoms with Gasteiger partial charge in [0.2, 0.25) is 5.69 Å². The van der Waals surface area contributed by atoms with Crippen molar-refractivity contribution in [3.8, 4) is 0 Å². The molecule has 0 radical (unpaired) electrons. The molecule has 134 valence electrons. The second-order valence-electron chi connectivity index (χ2n) is 6.73. The van der Waals surface area contributed by atoms with E-state index in [2.05, 4.69) is 127 Å². The minimum absolute atomic E-state index is 1.18. The van der Waals surface area contributed by atoms with Gasteiger partial charge in [-0.05, 0) is 24.3 Å². The van der Waals surface area contributed by atoms with Crippen LogP contribution in [0.1, 0.15) is 0 Å². The van der Waals surface area contributed by atoms with Crippen LogP contribution < -0.4 is 19.7 Å². The zero-order chi connectivity index (χ0) is 18.8. The molecule has 0 saturated heterocycles. The van der Waals surface area contributed by atoms with Crippen molar-refractivity contribution in [3.05, 3.63) is 96.4 Å². The molecule has 0 spiro atoms. The lowest BCUT2D eigenvalue weighted by atomic mass is 10.3. The zero-order valence-corrected chi connectivity index (χ0v) is 16.0. The van der Waals surface area contributed by atoms with Crippen molar-refractivity contribution in [1.82, 2.24) is 4.58 Å². The highest BCUT2D eigenvalue weighted by molar-refractivity contribution is 5.92. The van der Waals surface area contributed by atoms with Crippen molar-refractivity contribution in [1.29, 1.82) is 0 Å². The molecule has 0 unspecified atom stereocenters. The molecule has 0 heterocycles. The molecule has 0 aliphatic rings. The van der Waals surface area contributed by atoms with Gasteiger partial charge in [-0.1, -0.05) is 54.6 Å². The molecule has 0 amide bonds. The normalized spacial score (nSPS) is 10.8. The van der Waals surface area contributed by atoms with E-state index in [4.69, 9.17) is 0 Å². The van der Waals surface area contributed by atoms with Gasteiger partial charge in [-0.3, -0.25) is 0 Å². The van der Waals surface area contributed by atoms with E-state index in [-0.39, 0.29) is 0 Å². The van der Waals surface area contributed by atoms with E-state index >= 15 is 0 Å². The van der Waals surface area contributed by atoms with Crippen LogP contribution in [0.25, 0.3) is 0 Å². The molecule has 3 nitrogen and oxygen atoms in total. The lowest BCUT2D eigenvalue weighted by Crippen LogP contribution is -2.18. The van der Waals surface area contributed by atoms with E-state index in [1.54, 1.807) is 0 Å². The third kappa shape index (κ3) is 3.24.